The van der Waals surface area contributed by atoms with Gasteiger partial charge in [0.15, 0.2) is 0 Å². The Labute approximate surface area is 160 Å². The molecule has 28 heavy (non-hydrogen) atoms. The molecule has 0 saturated heterocycles. The number of amides is 2. The van der Waals surface area contributed by atoms with Gasteiger partial charge in [0.1, 0.15) is 5.75 Å². The molecule has 3 N–H and O–H groups in total. The Kier molecular flexibility index (Phi) is 6.01. The van der Waals surface area contributed by atoms with Gasteiger partial charge in [0.2, 0.25) is 0 Å². The first-order valence-electron chi connectivity index (χ1n) is 8.73. The van der Waals surface area contributed by atoms with Gasteiger partial charge in [-0.25, -0.2) is 5.10 Å². The predicted molar refractivity (Wildman–Crippen MR) is 104 cm³/mol. The molecule has 0 bridgehead atoms. The zero-order valence-electron chi connectivity index (χ0n) is 15.3. The molecule has 2 aromatic carbocycles. The molecule has 0 fully saturated rings. The molecule has 3 rings (SSSR count). The lowest BCUT2D eigenvalue weighted by Crippen LogP contribution is -2.40. The number of carbonyl (C=O) groups is 2. The van der Waals surface area contributed by atoms with E-state index < -0.39 is 11.8 Å². The Morgan fingerprint density at radius 3 is 2.57 bits per heavy atom. The van der Waals surface area contributed by atoms with Crippen molar-refractivity contribution in [3.8, 4) is 5.75 Å². The molecule has 1 heterocycles. The van der Waals surface area contributed by atoms with Crippen LogP contribution < -0.4 is 20.9 Å². The number of rotatable bonds is 6. The summed E-state index contributed by atoms with van der Waals surface area (Å²) in [6, 6.07) is 14.4. The molecule has 0 aliphatic rings. The van der Waals surface area contributed by atoms with Crippen molar-refractivity contribution in [3.63, 3.8) is 0 Å². The van der Waals surface area contributed by atoms with Crippen LogP contribution in [0.25, 0.3) is 10.8 Å². The first kappa shape index (κ1) is 19.1. The lowest BCUT2D eigenvalue weighted by Gasteiger charge is -2.08. The van der Waals surface area contributed by atoms with E-state index in [-0.39, 0.29) is 12.1 Å². The van der Waals surface area contributed by atoms with Crippen molar-refractivity contribution in [2.24, 2.45) is 0 Å². The van der Waals surface area contributed by atoms with Gasteiger partial charge in [-0.05, 0) is 30.2 Å². The molecular weight excluding hydrogens is 360 g/mol. The second-order valence-corrected chi connectivity index (χ2v) is 6.09. The number of methoxy groups -OCH3 is 1. The first-order valence-corrected chi connectivity index (χ1v) is 8.73. The summed E-state index contributed by atoms with van der Waals surface area (Å²) in [5, 5.41) is 12.6. The summed E-state index contributed by atoms with van der Waals surface area (Å²) in [4.78, 5) is 35.8. The van der Waals surface area contributed by atoms with E-state index in [9.17, 15) is 14.4 Å². The highest BCUT2D eigenvalue weighted by atomic mass is 16.5. The molecule has 0 atom stereocenters. The van der Waals surface area contributed by atoms with Crippen molar-refractivity contribution < 1.29 is 14.3 Å². The third-order valence-electron chi connectivity index (χ3n) is 4.23. The van der Waals surface area contributed by atoms with Crippen molar-refractivity contribution in [2.75, 3.05) is 13.7 Å². The van der Waals surface area contributed by atoms with E-state index in [2.05, 4.69) is 20.8 Å². The quantitative estimate of drug-likeness (QED) is 0.550. The van der Waals surface area contributed by atoms with E-state index in [4.69, 9.17) is 4.74 Å². The third kappa shape index (κ3) is 4.53. The summed E-state index contributed by atoms with van der Waals surface area (Å²) in [5.74, 6) is -0.749. The summed E-state index contributed by atoms with van der Waals surface area (Å²) >= 11 is 0. The zero-order valence-corrected chi connectivity index (χ0v) is 15.3. The van der Waals surface area contributed by atoms with Crippen LogP contribution in [0, 0.1) is 0 Å². The van der Waals surface area contributed by atoms with Crippen LogP contribution in [0.2, 0.25) is 0 Å². The molecule has 0 aliphatic heterocycles. The topological polar surface area (TPSA) is 113 Å². The SMILES string of the molecule is COc1cccc(CCNC(=O)C(=O)NCc2n[nH]c(=O)c3ccccc23)c1. The fraction of sp³-hybridized carbons (Fsp3) is 0.200. The van der Waals surface area contributed by atoms with E-state index >= 15 is 0 Å². The molecular formula is C20H20N4O4. The van der Waals surface area contributed by atoms with Crippen LogP contribution in [0.4, 0.5) is 0 Å². The Bertz CT molecular complexity index is 1060. The molecule has 2 amide bonds. The van der Waals surface area contributed by atoms with Crippen molar-refractivity contribution in [1.29, 1.82) is 0 Å². The number of aromatic nitrogens is 2. The molecule has 0 aliphatic carbocycles. The summed E-state index contributed by atoms with van der Waals surface area (Å²) in [6.45, 7) is 0.346. The number of aromatic amines is 1. The molecule has 8 nitrogen and oxygen atoms in total. The van der Waals surface area contributed by atoms with Crippen LogP contribution in [0.15, 0.2) is 53.3 Å². The number of hydrogen-bond acceptors (Lipinski definition) is 5. The Morgan fingerprint density at radius 2 is 1.79 bits per heavy atom. The number of H-pyrrole nitrogens is 1. The van der Waals surface area contributed by atoms with Gasteiger partial charge in [-0.15, -0.1) is 0 Å². The number of nitrogens with one attached hydrogen (secondary N) is 3. The standard InChI is InChI=1S/C20H20N4O4/c1-28-14-6-4-5-13(11-14)9-10-21-19(26)20(27)22-12-17-15-7-2-3-8-16(15)18(25)24-23-17/h2-8,11H,9-10,12H2,1H3,(H,21,26)(H,22,27)(H,24,25). The fourth-order valence-electron chi connectivity index (χ4n) is 2.78. The highest BCUT2D eigenvalue weighted by Gasteiger charge is 2.14. The van der Waals surface area contributed by atoms with Crippen LogP contribution in [-0.2, 0) is 22.6 Å². The fourth-order valence-corrected chi connectivity index (χ4v) is 2.78. The summed E-state index contributed by atoms with van der Waals surface area (Å²) < 4.78 is 5.15. The van der Waals surface area contributed by atoms with Crippen molar-refractivity contribution in [2.45, 2.75) is 13.0 Å². The van der Waals surface area contributed by atoms with E-state index in [0.717, 1.165) is 11.3 Å². The third-order valence-corrected chi connectivity index (χ3v) is 4.23. The average Bonchev–Trinajstić information content (AvgIpc) is 2.73. The molecule has 3 aromatic rings. The minimum Gasteiger partial charge on any atom is -0.497 e. The molecule has 0 unspecified atom stereocenters. The first-order chi connectivity index (χ1) is 13.6. The van der Waals surface area contributed by atoms with Gasteiger partial charge in [-0.1, -0.05) is 30.3 Å². The van der Waals surface area contributed by atoms with Crippen molar-refractivity contribution in [3.05, 3.63) is 70.1 Å². The van der Waals surface area contributed by atoms with Crippen LogP contribution in [0.3, 0.4) is 0 Å². The largest absolute Gasteiger partial charge is 0.497 e. The van der Waals surface area contributed by atoms with Gasteiger partial charge in [0.05, 0.1) is 24.7 Å². The highest BCUT2D eigenvalue weighted by Crippen LogP contribution is 2.13. The lowest BCUT2D eigenvalue weighted by atomic mass is 10.1. The van der Waals surface area contributed by atoms with E-state index in [1.165, 1.54) is 0 Å². The van der Waals surface area contributed by atoms with Gasteiger partial charge in [-0.2, -0.15) is 5.10 Å². The van der Waals surface area contributed by atoms with E-state index in [0.29, 0.717) is 29.4 Å². The van der Waals surface area contributed by atoms with Gasteiger partial charge in [0.25, 0.3) is 5.56 Å². The van der Waals surface area contributed by atoms with Crippen molar-refractivity contribution in [1.82, 2.24) is 20.8 Å². The Balaban J connectivity index is 1.53. The van der Waals surface area contributed by atoms with Gasteiger partial charge in [0, 0.05) is 11.9 Å². The minimum absolute atomic E-state index is 0.0272. The molecule has 1 aromatic heterocycles. The van der Waals surface area contributed by atoms with E-state index in [1.54, 1.807) is 31.4 Å². The van der Waals surface area contributed by atoms with Gasteiger partial charge < -0.3 is 15.4 Å². The lowest BCUT2D eigenvalue weighted by molar-refractivity contribution is -0.139. The van der Waals surface area contributed by atoms with Gasteiger partial charge >= 0.3 is 11.8 Å². The monoisotopic (exact) mass is 380 g/mol. The van der Waals surface area contributed by atoms with Gasteiger partial charge in [-0.3, -0.25) is 14.4 Å². The zero-order chi connectivity index (χ0) is 19.9. The van der Waals surface area contributed by atoms with Crippen LogP contribution in [-0.4, -0.2) is 35.7 Å². The molecule has 144 valence electrons. The van der Waals surface area contributed by atoms with Crippen LogP contribution >= 0.6 is 0 Å². The van der Waals surface area contributed by atoms with Crippen LogP contribution in [0.5, 0.6) is 5.75 Å². The molecule has 0 spiro atoms. The van der Waals surface area contributed by atoms with Crippen LogP contribution in [0.1, 0.15) is 11.3 Å². The second-order valence-electron chi connectivity index (χ2n) is 6.09. The smallest absolute Gasteiger partial charge is 0.309 e. The van der Waals surface area contributed by atoms with Crippen molar-refractivity contribution >= 4 is 22.6 Å². The molecule has 0 radical (unpaired) electrons. The minimum atomic E-state index is -0.761. The Hall–Kier alpha value is -3.68. The number of benzene rings is 2. The molecule has 8 heteroatoms. The number of hydrogen-bond donors (Lipinski definition) is 3. The number of nitrogens with zero attached hydrogens (tertiary/aromatic N) is 1. The normalized spacial score (nSPS) is 10.5. The maximum Gasteiger partial charge on any atom is 0.309 e. The maximum absolute atomic E-state index is 12.0. The number of ether oxygens (including phenoxy) is 1. The average molecular weight is 380 g/mol. The van der Waals surface area contributed by atoms with E-state index in [1.807, 2.05) is 24.3 Å². The predicted octanol–water partition coefficient (Wildman–Crippen LogP) is 0.907. The second kappa shape index (κ2) is 8.81. The summed E-state index contributed by atoms with van der Waals surface area (Å²) in [7, 11) is 1.59. The summed E-state index contributed by atoms with van der Waals surface area (Å²) in [5.41, 5.74) is 1.16. The number of fused-ring (bicyclic) bond motifs is 1. The highest BCUT2D eigenvalue weighted by molar-refractivity contribution is 6.35. The molecule has 0 saturated carbocycles. The number of carbonyl (C=O) groups excluding carboxylic acids is 2. The Morgan fingerprint density at radius 1 is 1.04 bits per heavy atom. The maximum atomic E-state index is 12.0. The summed E-state index contributed by atoms with van der Waals surface area (Å²) in [6.07, 6.45) is 0.572.